The van der Waals surface area contributed by atoms with Crippen molar-refractivity contribution in [2.24, 2.45) is 0 Å². The van der Waals surface area contributed by atoms with Crippen LogP contribution in [0, 0.1) is 0 Å². The topological polar surface area (TPSA) is 67.1 Å². The lowest BCUT2D eigenvalue weighted by atomic mass is 9.97. The number of fused-ring (bicyclic) bond motifs is 5. The molecule has 1 aliphatic carbocycles. The quantitative estimate of drug-likeness (QED) is 0.838. The van der Waals surface area contributed by atoms with Crippen LogP contribution in [0.3, 0.4) is 0 Å². The van der Waals surface area contributed by atoms with Crippen LogP contribution in [0.1, 0.15) is 36.8 Å². The number of benzene rings is 1. The van der Waals surface area contributed by atoms with Crippen molar-refractivity contribution < 1.29 is 0 Å². The zero-order valence-corrected chi connectivity index (χ0v) is 14.5. The lowest BCUT2D eigenvalue weighted by Gasteiger charge is -2.31. The van der Waals surface area contributed by atoms with E-state index < -0.39 is 0 Å². The molecular weight excluding hydrogens is 310 g/mol. The standard InChI is InChI=1S/C20H25N5/c21-20-23-18-16-8-5-4-7-13(16)6-2-1-3-9-17(18)19(24-20)25-12-14-10-15(25)11-22-14/h4-5,7-8,14-15,22H,1-3,6,9-12H2,(H2,21,23,24)/t14-,15+/m1/s1. The van der Waals surface area contributed by atoms with E-state index in [-0.39, 0.29) is 0 Å². The molecule has 130 valence electrons. The first-order valence-corrected chi connectivity index (χ1v) is 9.54. The molecule has 0 radical (unpaired) electrons. The summed E-state index contributed by atoms with van der Waals surface area (Å²) in [6, 6.07) is 9.83. The lowest BCUT2D eigenvalue weighted by Crippen LogP contribution is -2.44. The molecule has 3 heterocycles. The Bertz CT molecular complexity index is 803. The summed E-state index contributed by atoms with van der Waals surface area (Å²) < 4.78 is 0. The van der Waals surface area contributed by atoms with E-state index in [9.17, 15) is 0 Å². The van der Waals surface area contributed by atoms with E-state index in [4.69, 9.17) is 15.7 Å². The van der Waals surface area contributed by atoms with E-state index in [2.05, 4.69) is 34.5 Å². The molecule has 0 amide bonds. The van der Waals surface area contributed by atoms with E-state index in [1.165, 1.54) is 42.4 Å². The van der Waals surface area contributed by atoms with Crippen molar-refractivity contribution >= 4 is 11.8 Å². The maximum absolute atomic E-state index is 6.17. The number of hydrogen-bond acceptors (Lipinski definition) is 5. The average molecular weight is 335 g/mol. The summed E-state index contributed by atoms with van der Waals surface area (Å²) in [5.74, 6) is 1.49. The van der Waals surface area contributed by atoms with Crippen molar-refractivity contribution in [1.82, 2.24) is 15.3 Å². The smallest absolute Gasteiger partial charge is 0.222 e. The van der Waals surface area contributed by atoms with Gasteiger partial charge in [0.25, 0.3) is 0 Å². The van der Waals surface area contributed by atoms with Crippen LogP contribution < -0.4 is 16.0 Å². The number of nitrogens with one attached hydrogen (secondary N) is 1. The number of aromatic nitrogens is 2. The van der Waals surface area contributed by atoms with E-state index >= 15 is 0 Å². The number of hydrogen-bond donors (Lipinski definition) is 2. The molecule has 1 aromatic heterocycles. The second-order valence-corrected chi connectivity index (χ2v) is 7.60. The van der Waals surface area contributed by atoms with Crippen LogP contribution in [-0.2, 0) is 12.8 Å². The van der Waals surface area contributed by atoms with Gasteiger partial charge < -0.3 is 16.0 Å². The Kier molecular flexibility index (Phi) is 3.63. The average Bonchev–Trinajstić information content (AvgIpc) is 3.26. The van der Waals surface area contributed by atoms with E-state index in [0.717, 1.165) is 37.4 Å². The molecule has 2 atom stereocenters. The Balaban J connectivity index is 1.68. The van der Waals surface area contributed by atoms with Gasteiger partial charge in [0, 0.05) is 36.3 Å². The highest BCUT2D eigenvalue weighted by atomic mass is 15.3. The van der Waals surface area contributed by atoms with Crippen molar-refractivity contribution in [3.63, 3.8) is 0 Å². The summed E-state index contributed by atoms with van der Waals surface area (Å²) in [6.07, 6.45) is 7.07. The molecule has 2 saturated heterocycles. The summed E-state index contributed by atoms with van der Waals surface area (Å²) >= 11 is 0. The van der Waals surface area contributed by atoms with Crippen molar-refractivity contribution in [3.05, 3.63) is 35.4 Å². The third-order valence-corrected chi connectivity index (χ3v) is 5.98. The van der Waals surface area contributed by atoms with Gasteiger partial charge in [-0.05, 0) is 37.7 Å². The lowest BCUT2D eigenvalue weighted by molar-refractivity contribution is 0.573. The molecule has 1 aromatic carbocycles. The minimum atomic E-state index is 0.401. The van der Waals surface area contributed by atoms with Crippen molar-refractivity contribution in [2.45, 2.75) is 50.6 Å². The van der Waals surface area contributed by atoms with E-state index in [1.807, 2.05) is 0 Å². The Morgan fingerprint density at radius 1 is 1.08 bits per heavy atom. The highest BCUT2D eigenvalue weighted by Gasteiger charge is 2.39. The predicted molar refractivity (Wildman–Crippen MR) is 101 cm³/mol. The molecule has 0 spiro atoms. The molecule has 5 rings (SSSR count). The largest absolute Gasteiger partial charge is 0.368 e. The van der Waals surface area contributed by atoms with Crippen LogP contribution in [0.4, 0.5) is 11.8 Å². The summed E-state index contributed by atoms with van der Waals surface area (Å²) in [4.78, 5) is 11.9. The van der Waals surface area contributed by atoms with E-state index in [0.29, 0.717) is 18.0 Å². The summed E-state index contributed by atoms with van der Waals surface area (Å²) in [7, 11) is 0. The number of aryl methyl sites for hydroxylation is 1. The van der Waals surface area contributed by atoms with E-state index in [1.54, 1.807) is 0 Å². The number of nitrogens with two attached hydrogens (primary N) is 1. The van der Waals surface area contributed by atoms with Gasteiger partial charge in [-0.2, -0.15) is 4.98 Å². The van der Waals surface area contributed by atoms with Gasteiger partial charge in [-0.25, -0.2) is 4.98 Å². The molecule has 2 aliphatic heterocycles. The first-order chi connectivity index (χ1) is 12.3. The van der Waals surface area contributed by atoms with Gasteiger partial charge in [0.05, 0.1) is 5.69 Å². The van der Waals surface area contributed by atoms with Gasteiger partial charge in [-0.15, -0.1) is 0 Å². The Labute approximate surface area is 148 Å². The van der Waals surface area contributed by atoms with Gasteiger partial charge >= 0.3 is 0 Å². The monoisotopic (exact) mass is 335 g/mol. The first kappa shape index (κ1) is 15.1. The second kappa shape index (κ2) is 5.99. The maximum atomic E-state index is 6.17. The minimum absolute atomic E-state index is 0.401. The van der Waals surface area contributed by atoms with Crippen molar-refractivity contribution in [2.75, 3.05) is 23.7 Å². The second-order valence-electron chi connectivity index (χ2n) is 7.60. The van der Waals surface area contributed by atoms with Gasteiger partial charge in [-0.1, -0.05) is 30.7 Å². The fraction of sp³-hybridized carbons (Fsp3) is 0.500. The summed E-state index contributed by atoms with van der Waals surface area (Å²) in [6.45, 7) is 2.09. The first-order valence-electron chi connectivity index (χ1n) is 9.54. The molecule has 2 aromatic rings. The van der Waals surface area contributed by atoms with Crippen LogP contribution in [0.5, 0.6) is 0 Å². The molecule has 25 heavy (non-hydrogen) atoms. The third kappa shape index (κ3) is 2.58. The number of piperazine rings is 1. The molecule has 2 bridgehead atoms. The van der Waals surface area contributed by atoms with Crippen LogP contribution in [-0.4, -0.2) is 35.1 Å². The highest BCUT2D eigenvalue weighted by Crippen LogP contribution is 2.38. The number of nitrogens with zero attached hydrogens (tertiary/aromatic N) is 3. The van der Waals surface area contributed by atoms with Crippen LogP contribution in [0.25, 0.3) is 11.3 Å². The zero-order valence-electron chi connectivity index (χ0n) is 14.5. The fourth-order valence-electron chi connectivity index (χ4n) is 4.76. The Morgan fingerprint density at radius 3 is 2.80 bits per heavy atom. The molecule has 0 saturated carbocycles. The molecule has 3 N–H and O–H groups in total. The normalized spacial score (nSPS) is 25.0. The molecule has 5 heteroatoms. The van der Waals surface area contributed by atoms with Crippen LogP contribution >= 0.6 is 0 Å². The molecular formula is C20H25N5. The molecule has 3 aliphatic rings. The molecule has 2 fully saturated rings. The number of anilines is 2. The van der Waals surface area contributed by atoms with Crippen molar-refractivity contribution in [1.29, 1.82) is 0 Å². The highest BCUT2D eigenvalue weighted by molar-refractivity contribution is 5.73. The summed E-state index contributed by atoms with van der Waals surface area (Å²) in [5.41, 5.74) is 11.2. The molecule has 0 unspecified atom stereocenters. The summed E-state index contributed by atoms with van der Waals surface area (Å²) in [5, 5.41) is 3.58. The zero-order chi connectivity index (χ0) is 16.8. The van der Waals surface area contributed by atoms with Gasteiger partial charge in [-0.3, -0.25) is 0 Å². The van der Waals surface area contributed by atoms with Crippen molar-refractivity contribution in [3.8, 4) is 11.3 Å². The number of nitrogen functional groups attached to an aromatic ring is 1. The van der Waals surface area contributed by atoms with Gasteiger partial charge in [0.1, 0.15) is 5.82 Å². The van der Waals surface area contributed by atoms with Crippen LogP contribution in [0.15, 0.2) is 24.3 Å². The van der Waals surface area contributed by atoms with Gasteiger partial charge in [0.2, 0.25) is 5.95 Å². The predicted octanol–water partition coefficient (Wildman–Crippen LogP) is 2.55. The fourth-order valence-corrected chi connectivity index (χ4v) is 4.76. The SMILES string of the molecule is Nc1nc2c(c(N3C[C@H]4C[C@H]3CN4)n1)CCCCCc1ccccc1-2. The van der Waals surface area contributed by atoms with Crippen LogP contribution in [0.2, 0.25) is 0 Å². The Morgan fingerprint density at radius 2 is 1.96 bits per heavy atom. The molecule has 5 nitrogen and oxygen atoms in total. The maximum Gasteiger partial charge on any atom is 0.222 e. The Hall–Kier alpha value is -2.14. The minimum Gasteiger partial charge on any atom is -0.368 e. The third-order valence-electron chi connectivity index (χ3n) is 5.98. The number of rotatable bonds is 1. The van der Waals surface area contributed by atoms with Gasteiger partial charge in [0.15, 0.2) is 0 Å².